The second kappa shape index (κ2) is 5.07. The highest BCUT2D eigenvalue weighted by molar-refractivity contribution is 6.00. The van der Waals surface area contributed by atoms with Gasteiger partial charge in [0.1, 0.15) is 5.82 Å². The van der Waals surface area contributed by atoms with Crippen molar-refractivity contribution in [3.8, 4) is 11.1 Å². The van der Waals surface area contributed by atoms with E-state index >= 15 is 0 Å². The van der Waals surface area contributed by atoms with Gasteiger partial charge in [-0.25, -0.2) is 4.39 Å². The summed E-state index contributed by atoms with van der Waals surface area (Å²) in [5.74, 6) is -0.912. The Morgan fingerprint density at radius 2 is 1.60 bits per heavy atom. The Hall–Kier alpha value is -2.17. The first-order chi connectivity index (χ1) is 9.29. The van der Waals surface area contributed by atoms with E-state index < -0.39 is 17.6 Å². The summed E-state index contributed by atoms with van der Waals surface area (Å²) >= 11 is 0. The second-order valence-electron chi connectivity index (χ2n) is 4.32. The number of alkyl halides is 3. The maximum Gasteiger partial charge on any atom is 0.416 e. The first-order valence-electron chi connectivity index (χ1n) is 5.77. The number of halogens is 4. The van der Waals surface area contributed by atoms with Gasteiger partial charge in [-0.2, -0.15) is 13.2 Å². The van der Waals surface area contributed by atoms with Crippen LogP contribution in [0.5, 0.6) is 0 Å². The van der Waals surface area contributed by atoms with Crippen molar-refractivity contribution in [1.82, 2.24) is 0 Å². The van der Waals surface area contributed by atoms with Crippen LogP contribution in [0, 0.1) is 5.82 Å². The molecule has 104 valence electrons. The average Bonchev–Trinajstić information content (AvgIpc) is 2.37. The molecule has 0 bridgehead atoms. The molecule has 0 saturated heterocycles. The molecular formula is C15H10F4O. The van der Waals surface area contributed by atoms with Crippen LogP contribution >= 0.6 is 0 Å². The molecule has 5 heteroatoms. The molecule has 20 heavy (non-hydrogen) atoms. The van der Waals surface area contributed by atoms with Crippen LogP contribution in [0.4, 0.5) is 17.6 Å². The van der Waals surface area contributed by atoms with Crippen molar-refractivity contribution >= 4 is 5.78 Å². The third-order valence-corrected chi connectivity index (χ3v) is 2.88. The lowest BCUT2D eigenvalue weighted by Crippen LogP contribution is -2.04. The number of benzene rings is 2. The van der Waals surface area contributed by atoms with Crippen LogP contribution in [-0.4, -0.2) is 5.78 Å². The molecule has 1 nitrogen and oxygen atoms in total. The van der Waals surface area contributed by atoms with Crippen LogP contribution in [0.25, 0.3) is 11.1 Å². The maximum atomic E-state index is 13.1. The van der Waals surface area contributed by atoms with Crippen LogP contribution < -0.4 is 0 Å². The smallest absolute Gasteiger partial charge is 0.294 e. The summed E-state index contributed by atoms with van der Waals surface area (Å²) in [7, 11) is 0. The van der Waals surface area contributed by atoms with Crippen molar-refractivity contribution in [3.63, 3.8) is 0 Å². The first kappa shape index (κ1) is 14.2. The SMILES string of the molecule is CC(=O)c1cc(F)ccc1-c1ccc(C(F)(F)F)cc1. The third-order valence-electron chi connectivity index (χ3n) is 2.88. The van der Waals surface area contributed by atoms with E-state index in [0.717, 1.165) is 18.2 Å². The number of Topliss-reactive ketones (excluding diaryl/α,β-unsaturated/α-hetero) is 1. The fraction of sp³-hybridized carbons (Fsp3) is 0.133. The summed E-state index contributed by atoms with van der Waals surface area (Å²) in [5, 5.41) is 0. The molecule has 0 atom stereocenters. The monoisotopic (exact) mass is 282 g/mol. The standard InChI is InChI=1S/C15H10F4O/c1-9(20)14-8-12(16)6-7-13(14)10-2-4-11(5-3-10)15(17,18)19/h2-8H,1H3. The lowest BCUT2D eigenvalue weighted by Gasteiger charge is -2.10. The van der Waals surface area contributed by atoms with Gasteiger partial charge in [-0.1, -0.05) is 18.2 Å². The molecule has 0 aliphatic carbocycles. The molecular weight excluding hydrogens is 272 g/mol. The summed E-state index contributed by atoms with van der Waals surface area (Å²) in [6, 6.07) is 8.03. The number of carbonyl (C=O) groups excluding carboxylic acids is 1. The van der Waals surface area contributed by atoms with Gasteiger partial charge in [-0.15, -0.1) is 0 Å². The molecule has 2 aromatic rings. The molecule has 0 spiro atoms. The number of rotatable bonds is 2. The van der Waals surface area contributed by atoms with Crippen molar-refractivity contribution in [3.05, 3.63) is 59.4 Å². The summed E-state index contributed by atoms with van der Waals surface area (Å²) in [6.07, 6.45) is -4.41. The zero-order valence-electron chi connectivity index (χ0n) is 10.5. The van der Waals surface area contributed by atoms with E-state index in [2.05, 4.69) is 0 Å². The quantitative estimate of drug-likeness (QED) is 0.575. The zero-order valence-corrected chi connectivity index (χ0v) is 10.5. The Morgan fingerprint density at radius 1 is 1.00 bits per heavy atom. The maximum absolute atomic E-state index is 13.1. The average molecular weight is 282 g/mol. The Bertz CT molecular complexity index is 642. The minimum absolute atomic E-state index is 0.143. The van der Waals surface area contributed by atoms with E-state index in [1.165, 1.54) is 31.2 Å². The van der Waals surface area contributed by atoms with Gasteiger partial charge in [0.05, 0.1) is 5.56 Å². The van der Waals surface area contributed by atoms with Crippen LogP contribution in [0.15, 0.2) is 42.5 Å². The van der Waals surface area contributed by atoms with Gasteiger partial charge >= 0.3 is 6.18 Å². The molecule has 0 radical (unpaired) electrons. The van der Waals surface area contributed by atoms with Crippen molar-refractivity contribution in [2.45, 2.75) is 13.1 Å². The lowest BCUT2D eigenvalue weighted by atomic mass is 9.96. The molecule has 0 aliphatic rings. The Balaban J connectivity index is 2.50. The van der Waals surface area contributed by atoms with Gasteiger partial charge in [0, 0.05) is 5.56 Å². The predicted octanol–water partition coefficient (Wildman–Crippen LogP) is 4.71. The number of ketones is 1. The van der Waals surface area contributed by atoms with Crippen molar-refractivity contribution in [2.24, 2.45) is 0 Å². The fourth-order valence-corrected chi connectivity index (χ4v) is 1.90. The molecule has 0 aromatic heterocycles. The van der Waals surface area contributed by atoms with E-state index in [9.17, 15) is 22.4 Å². The highest BCUT2D eigenvalue weighted by atomic mass is 19.4. The molecule has 0 amide bonds. The number of hydrogen-bond donors (Lipinski definition) is 0. The first-order valence-corrected chi connectivity index (χ1v) is 5.77. The van der Waals surface area contributed by atoms with E-state index in [-0.39, 0.29) is 11.3 Å². The van der Waals surface area contributed by atoms with E-state index in [4.69, 9.17) is 0 Å². The zero-order chi connectivity index (χ0) is 14.9. The number of hydrogen-bond acceptors (Lipinski definition) is 1. The van der Waals surface area contributed by atoms with E-state index in [1.54, 1.807) is 0 Å². The molecule has 0 aliphatic heterocycles. The van der Waals surface area contributed by atoms with E-state index in [0.29, 0.717) is 11.1 Å². The van der Waals surface area contributed by atoms with Crippen molar-refractivity contribution < 1.29 is 22.4 Å². The molecule has 0 heterocycles. The Morgan fingerprint density at radius 3 is 2.10 bits per heavy atom. The molecule has 0 fully saturated rings. The highest BCUT2D eigenvalue weighted by Gasteiger charge is 2.30. The molecule has 0 unspecified atom stereocenters. The van der Waals surface area contributed by atoms with Gasteiger partial charge in [0.25, 0.3) is 0 Å². The van der Waals surface area contributed by atoms with Crippen molar-refractivity contribution in [2.75, 3.05) is 0 Å². The molecule has 2 aromatic carbocycles. The highest BCUT2D eigenvalue weighted by Crippen LogP contribution is 2.32. The fourth-order valence-electron chi connectivity index (χ4n) is 1.90. The minimum atomic E-state index is -4.41. The van der Waals surface area contributed by atoms with Gasteiger partial charge in [-0.3, -0.25) is 4.79 Å². The normalized spacial score (nSPS) is 11.4. The largest absolute Gasteiger partial charge is 0.416 e. The van der Waals surface area contributed by atoms with Gasteiger partial charge in [-0.05, 0) is 42.3 Å². The van der Waals surface area contributed by atoms with Crippen LogP contribution in [0.3, 0.4) is 0 Å². The van der Waals surface area contributed by atoms with Crippen LogP contribution in [0.1, 0.15) is 22.8 Å². The Labute approximate surface area is 112 Å². The van der Waals surface area contributed by atoms with Gasteiger partial charge < -0.3 is 0 Å². The van der Waals surface area contributed by atoms with Crippen LogP contribution in [0.2, 0.25) is 0 Å². The predicted molar refractivity (Wildman–Crippen MR) is 66.8 cm³/mol. The molecule has 0 N–H and O–H groups in total. The Kier molecular flexibility index (Phi) is 3.61. The van der Waals surface area contributed by atoms with E-state index in [1.807, 2.05) is 0 Å². The molecule has 0 saturated carbocycles. The van der Waals surface area contributed by atoms with Crippen molar-refractivity contribution in [1.29, 1.82) is 0 Å². The summed E-state index contributed by atoms with van der Waals surface area (Å²) in [6.45, 7) is 1.28. The summed E-state index contributed by atoms with van der Waals surface area (Å²) in [4.78, 5) is 11.5. The van der Waals surface area contributed by atoms with Gasteiger partial charge in [0.15, 0.2) is 5.78 Å². The third kappa shape index (κ3) is 2.87. The number of carbonyl (C=O) groups is 1. The van der Waals surface area contributed by atoms with Crippen LogP contribution in [-0.2, 0) is 6.18 Å². The topological polar surface area (TPSA) is 17.1 Å². The van der Waals surface area contributed by atoms with Gasteiger partial charge in [0.2, 0.25) is 0 Å². The minimum Gasteiger partial charge on any atom is -0.294 e. The summed E-state index contributed by atoms with van der Waals surface area (Å²) < 4.78 is 50.6. The second-order valence-corrected chi connectivity index (χ2v) is 4.32. The lowest BCUT2D eigenvalue weighted by molar-refractivity contribution is -0.137. The molecule has 2 rings (SSSR count). The summed E-state index contributed by atoms with van der Waals surface area (Å²) in [5.41, 5.74) is 0.216.